The van der Waals surface area contributed by atoms with Gasteiger partial charge in [-0.2, -0.15) is 0 Å². The van der Waals surface area contributed by atoms with Crippen molar-refractivity contribution in [3.05, 3.63) is 4.91 Å². The van der Waals surface area contributed by atoms with Crippen LogP contribution in [0.25, 0.3) is 0 Å². The monoisotopic (exact) mass is 375 g/mol. The lowest BCUT2D eigenvalue weighted by molar-refractivity contribution is -0.122. The number of hydrazine groups is 1. The van der Waals surface area contributed by atoms with E-state index in [9.17, 15) is 14.5 Å². The van der Waals surface area contributed by atoms with E-state index in [4.69, 9.17) is 14.2 Å². The highest BCUT2D eigenvalue weighted by Crippen LogP contribution is 2.07. The number of nitrogens with one attached hydrogen (secondary N) is 2. The third-order valence-corrected chi connectivity index (χ3v) is 3.16. The standard InChI is InChI=1S/C17H33N3O6/c1-5-6-10-24-11-8-7-9-14(12-25-13-15(21)20-23)18-19-16(22)26-17(2,3)4/h14,18H,5-13H2,1-4H3,(H,19,22)/t14-/m1/s1. The van der Waals surface area contributed by atoms with Crippen molar-refractivity contribution < 1.29 is 23.8 Å². The molecule has 26 heavy (non-hydrogen) atoms. The molecule has 0 heterocycles. The second kappa shape index (κ2) is 14.6. The van der Waals surface area contributed by atoms with Crippen molar-refractivity contribution in [2.45, 2.75) is 71.4 Å². The Bertz CT molecular complexity index is 412. The van der Waals surface area contributed by atoms with E-state index in [2.05, 4.69) is 23.0 Å². The molecular weight excluding hydrogens is 342 g/mol. The molecule has 0 aromatic carbocycles. The summed E-state index contributed by atoms with van der Waals surface area (Å²) in [7, 11) is 0. The van der Waals surface area contributed by atoms with Gasteiger partial charge in [0.05, 0.1) is 6.61 Å². The first kappa shape index (κ1) is 24.4. The first-order valence-electron chi connectivity index (χ1n) is 9.04. The molecule has 0 radical (unpaired) electrons. The van der Waals surface area contributed by atoms with Crippen LogP contribution in [-0.4, -0.2) is 50.1 Å². The van der Waals surface area contributed by atoms with Gasteiger partial charge in [-0.15, -0.1) is 4.91 Å². The molecule has 0 aliphatic rings. The topological polar surface area (TPSA) is 115 Å². The number of hydrogen-bond donors (Lipinski definition) is 2. The number of amides is 2. The average molecular weight is 375 g/mol. The lowest BCUT2D eigenvalue weighted by Crippen LogP contribution is -2.48. The SMILES string of the molecule is CCCCOCCCC[C@H](COCC(=O)N=O)NNC(=O)OC(C)(C)C. The van der Waals surface area contributed by atoms with Gasteiger partial charge in [-0.25, -0.2) is 10.2 Å². The minimum atomic E-state index is -0.867. The zero-order chi connectivity index (χ0) is 19.8. The summed E-state index contributed by atoms with van der Waals surface area (Å²) in [5.41, 5.74) is 4.70. The lowest BCUT2D eigenvalue weighted by atomic mass is 10.1. The smallest absolute Gasteiger partial charge is 0.422 e. The highest BCUT2D eigenvalue weighted by Gasteiger charge is 2.17. The zero-order valence-corrected chi connectivity index (χ0v) is 16.3. The molecule has 0 unspecified atom stereocenters. The first-order valence-corrected chi connectivity index (χ1v) is 9.04. The molecule has 0 rings (SSSR count). The maximum atomic E-state index is 11.7. The Morgan fingerprint density at radius 1 is 1.08 bits per heavy atom. The van der Waals surface area contributed by atoms with Crippen molar-refractivity contribution in [3.63, 3.8) is 0 Å². The quantitative estimate of drug-likeness (QED) is 0.272. The molecule has 9 heteroatoms. The molecule has 0 aromatic heterocycles. The molecule has 0 aliphatic heterocycles. The number of hydrogen-bond acceptors (Lipinski definition) is 7. The van der Waals surface area contributed by atoms with Crippen molar-refractivity contribution in [2.75, 3.05) is 26.4 Å². The van der Waals surface area contributed by atoms with Crippen molar-refractivity contribution in [2.24, 2.45) is 5.18 Å². The van der Waals surface area contributed by atoms with Crippen molar-refractivity contribution in [1.82, 2.24) is 10.9 Å². The molecule has 0 bridgehead atoms. The van der Waals surface area contributed by atoms with Gasteiger partial charge in [-0.1, -0.05) is 13.3 Å². The maximum absolute atomic E-state index is 11.7. The molecule has 0 fully saturated rings. The average Bonchev–Trinajstić information content (AvgIpc) is 2.56. The number of nitrogens with zero attached hydrogens (tertiary/aromatic N) is 1. The van der Waals surface area contributed by atoms with Crippen LogP contribution in [0.2, 0.25) is 0 Å². The second-order valence-electron chi connectivity index (χ2n) is 6.93. The van der Waals surface area contributed by atoms with Crippen LogP contribution in [0.1, 0.15) is 59.8 Å². The van der Waals surface area contributed by atoms with Crippen LogP contribution in [0.4, 0.5) is 4.79 Å². The first-order chi connectivity index (χ1) is 12.3. The van der Waals surface area contributed by atoms with E-state index >= 15 is 0 Å². The summed E-state index contributed by atoms with van der Waals surface area (Å²) in [5, 5.41) is 2.27. The fraction of sp³-hybridized carbons (Fsp3) is 0.882. The van der Waals surface area contributed by atoms with Crippen LogP contribution in [-0.2, 0) is 19.0 Å². The Morgan fingerprint density at radius 2 is 1.77 bits per heavy atom. The van der Waals surface area contributed by atoms with Crippen LogP contribution >= 0.6 is 0 Å². The maximum Gasteiger partial charge on any atom is 0.422 e. The highest BCUT2D eigenvalue weighted by molar-refractivity contribution is 5.77. The van der Waals surface area contributed by atoms with Crippen molar-refractivity contribution in [1.29, 1.82) is 0 Å². The number of unbranched alkanes of at least 4 members (excludes halogenated alkanes) is 2. The van der Waals surface area contributed by atoms with E-state index < -0.39 is 17.6 Å². The molecule has 2 N–H and O–H groups in total. The molecule has 0 saturated carbocycles. The van der Waals surface area contributed by atoms with E-state index in [0.29, 0.717) is 13.0 Å². The Labute approximate surface area is 155 Å². The van der Waals surface area contributed by atoms with E-state index in [1.807, 2.05) is 0 Å². The third-order valence-electron chi connectivity index (χ3n) is 3.16. The van der Waals surface area contributed by atoms with Crippen LogP contribution in [0, 0.1) is 4.91 Å². The molecule has 2 amide bonds. The van der Waals surface area contributed by atoms with Gasteiger partial charge in [0.1, 0.15) is 12.2 Å². The number of carbonyl (C=O) groups excluding carboxylic acids is 2. The summed E-state index contributed by atoms with van der Waals surface area (Å²) in [6.07, 6.45) is 3.97. The summed E-state index contributed by atoms with van der Waals surface area (Å²) < 4.78 is 15.8. The Morgan fingerprint density at radius 3 is 2.38 bits per heavy atom. The predicted molar refractivity (Wildman–Crippen MR) is 97.5 cm³/mol. The van der Waals surface area contributed by atoms with Gasteiger partial charge in [0.25, 0.3) is 0 Å². The van der Waals surface area contributed by atoms with Gasteiger partial charge in [-0.05, 0) is 46.5 Å². The van der Waals surface area contributed by atoms with Crippen LogP contribution in [0.3, 0.4) is 0 Å². The summed E-state index contributed by atoms with van der Waals surface area (Å²) in [6.45, 7) is 8.63. The predicted octanol–water partition coefficient (Wildman–Crippen LogP) is 2.68. The molecule has 0 aromatic rings. The van der Waals surface area contributed by atoms with Crippen molar-refractivity contribution in [3.8, 4) is 0 Å². The Balaban J connectivity index is 4.17. The van der Waals surface area contributed by atoms with E-state index in [1.165, 1.54) is 0 Å². The number of carbonyl (C=O) groups is 2. The molecule has 0 saturated heterocycles. The Hall–Kier alpha value is -1.58. The van der Waals surface area contributed by atoms with Gasteiger partial charge in [0.15, 0.2) is 0 Å². The van der Waals surface area contributed by atoms with E-state index in [1.54, 1.807) is 20.8 Å². The molecule has 0 aliphatic carbocycles. The number of ether oxygens (including phenoxy) is 3. The lowest BCUT2D eigenvalue weighted by Gasteiger charge is -2.23. The van der Waals surface area contributed by atoms with Gasteiger partial charge in [0.2, 0.25) is 0 Å². The zero-order valence-electron chi connectivity index (χ0n) is 16.3. The van der Waals surface area contributed by atoms with Gasteiger partial charge in [-0.3, -0.25) is 10.2 Å². The normalized spacial score (nSPS) is 12.5. The minimum absolute atomic E-state index is 0.147. The number of rotatable bonds is 14. The summed E-state index contributed by atoms with van der Waals surface area (Å²) in [5.74, 6) is -0.867. The highest BCUT2D eigenvalue weighted by atomic mass is 16.6. The largest absolute Gasteiger partial charge is 0.443 e. The van der Waals surface area contributed by atoms with Crippen LogP contribution in [0.5, 0.6) is 0 Å². The minimum Gasteiger partial charge on any atom is -0.443 e. The molecule has 1 atom stereocenters. The van der Waals surface area contributed by atoms with Crippen LogP contribution < -0.4 is 10.9 Å². The Kier molecular flexibility index (Phi) is 13.7. The fourth-order valence-corrected chi connectivity index (χ4v) is 1.92. The van der Waals surface area contributed by atoms with Gasteiger partial charge < -0.3 is 14.2 Å². The molecular formula is C17H33N3O6. The molecule has 9 nitrogen and oxygen atoms in total. The molecule has 0 spiro atoms. The summed E-state index contributed by atoms with van der Waals surface area (Å²) >= 11 is 0. The fourth-order valence-electron chi connectivity index (χ4n) is 1.92. The van der Waals surface area contributed by atoms with Gasteiger partial charge >= 0.3 is 12.0 Å². The van der Waals surface area contributed by atoms with Crippen LogP contribution in [0.15, 0.2) is 5.18 Å². The second-order valence-corrected chi connectivity index (χ2v) is 6.93. The van der Waals surface area contributed by atoms with Crippen molar-refractivity contribution >= 4 is 12.0 Å². The van der Waals surface area contributed by atoms with E-state index in [-0.39, 0.29) is 19.3 Å². The molecule has 152 valence electrons. The van der Waals surface area contributed by atoms with Gasteiger partial charge in [0, 0.05) is 24.4 Å². The third kappa shape index (κ3) is 15.9. The summed E-state index contributed by atoms with van der Waals surface area (Å²) in [6, 6.07) is -0.238. The number of nitroso groups, excluding NO2 is 1. The van der Waals surface area contributed by atoms with E-state index in [0.717, 1.165) is 32.3 Å². The summed E-state index contributed by atoms with van der Waals surface area (Å²) in [4.78, 5) is 32.6.